The minimum Gasteiger partial charge on any atom is -0.365 e. The van der Waals surface area contributed by atoms with E-state index in [1.807, 2.05) is 12.1 Å². The van der Waals surface area contributed by atoms with Crippen LogP contribution in [0.5, 0.6) is 0 Å². The van der Waals surface area contributed by atoms with E-state index in [0.29, 0.717) is 5.92 Å². The van der Waals surface area contributed by atoms with Crippen molar-refractivity contribution < 1.29 is 13.5 Å². The Hall–Kier alpha value is -2.00. The number of hydrogen-bond acceptors (Lipinski definition) is 1. The molecule has 0 saturated heterocycles. The zero-order chi connectivity index (χ0) is 19.9. The third-order valence-corrected chi connectivity index (χ3v) is 5.90. The lowest BCUT2D eigenvalue weighted by molar-refractivity contribution is 0.0984. The molecule has 3 heteroatoms. The number of rotatable bonds is 8. The number of ether oxygens (including phenoxy) is 1. The van der Waals surface area contributed by atoms with Crippen LogP contribution in [-0.4, -0.2) is 6.61 Å². The lowest BCUT2D eigenvalue weighted by atomic mass is 9.77. The smallest absolute Gasteiger partial charge is 0.132 e. The van der Waals surface area contributed by atoms with Crippen LogP contribution in [0, 0.1) is 17.6 Å². The molecule has 1 aliphatic carbocycles. The molecule has 0 N–H and O–H groups in total. The molecule has 2 aromatic carbocycles. The van der Waals surface area contributed by atoms with E-state index < -0.39 is 17.7 Å². The molecular weight excluding hydrogens is 354 g/mol. The van der Waals surface area contributed by atoms with E-state index in [0.717, 1.165) is 11.5 Å². The van der Waals surface area contributed by atoms with Gasteiger partial charge in [0.25, 0.3) is 0 Å². The predicted molar refractivity (Wildman–Crippen MR) is 110 cm³/mol. The molecule has 0 radical (unpaired) electrons. The van der Waals surface area contributed by atoms with E-state index in [-0.39, 0.29) is 12.2 Å². The van der Waals surface area contributed by atoms with Gasteiger partial charge in [-0.2, -0.15) is 0 Å². The van der Waals surface area contributed by atoms with Crippen molar-refractivity contribution in [2.24, 2.45) is 5.92 Å². The minimum atomic E-state index is -0.784. The third-order valence-electron chi connectivity index (χ3n) is 5.90. The molecule has 0 spiro atoms. The first kappa shape index (κ1) is 20.7. The molecule has 3 rings (SSSR count). The van der Waals surface area contributed by atoms with Crippen LogP contribution in [0.2, 0.25) is 0 Å². The molecule has 0 heterocycles. The summed E-state index contributed by atoms with van der Waals surface area (Å²) in [5, 5.41) is 0. The average Bonchev–Trinajstić information content (AvgIpc) is 2.71. The summed E-state index contributed by atoms with van der Waals surface area (Å²) in [6.07, 6.45) is 8.45. The average molecular weight is 385 g/mol. The van der Waals surface area contributed by atoms with Crippen LogP contribution in [0.25, 0.3) is 0 Å². The SMILES string of the molecule is C=CCOC(c1ccc(C2CCC(CCC)CC2)cc1)c1c(F)cccc1F. The largest absolute Gasteiger partial charge is 0.365 e. The molecule has 1 atom stereocenters. The summed E-state index contributed by atoms with van der Waals surface area (Å²) >= 11 is 0. The van der Waals surface area contributed by atoms with Crippen molar-refractivity contribution in [2.75, 3.05) is 6.61 Å². The molecule has 28 heavy (non-hydrogen) atoms. The van der Waals surface area contributed by atoms with Crippen molar-refractivity contribution in [1.29, 1.82) is 0 Å². The Labute approximate surface area is 167 Å². The topological polar surface area (TPSA) is 9.23 Å². The van der Waals surface area contributed by atoms with E-state index in [1.54, 1.807) is 6.08 Å². The van der Waals surface area contributed by atoms with Gasteiger partial charge in [0.15, 0.2) is 0 Å². The van der Waals surface area contributed by atoms with Gasteiger partial charge < -0.3 is 4.74 Å². The molecule has 1 unspecified atom stereocenters. The fourth-order valence-electron chi connectivity index (χ4n) is 4.41. The molecule has 0 aromatic heterocycles. The maximum atomic E-state index is 14.3. The summed E-state index contributed by atoms with van der Waals surface area (Å²) in [5.74, 6) is 0.279. The zero-order valence-electron chi connectivity index (χ0n) is 16.7. The van der Waals surface area contributed by atoms with Crippen LogP contribution >= 0.6 is 0 Å². The molecule has 2 aromatic rings. The summed E-state index contributed by atoms with van der Waals surface area (Å²) in [4.78, 5) is 0. The van der Waals surface area contributed by atoms with Gasteiger partial charge in [0.2, 0.25) is 0 Å². The van der Waals surface area contributed by atoms with Gasteiger partial charge in [-0.15, -0.1) is 6.58 Å². The second kappa shape index (κ2) is 9.97. The second-order valence-corrected chi connectivity index (χ2v) is 7.81. The first-order valence-electron chi connectivity index (χ1n) is 10.4. The van der Waals surface area contributed by atoms with Crippen molar-refractivity contribution in [1.82, 2.24) is 0 Å². The van der Waals surface area contributed by atoms with Crippen LogP contribution in [0.1, 0.15) is 74.2 Å². The van der Waals surface area contributed by atoms with Gasteiger partial charge in [-0.1, -0.05) is 56.2 Å². The van der Waals surface area contributed by atoms with Gasteiger partial charge in [0.1, 0.15) is 17.7 Å². The maximum absolute atomic E-state index is 14.3. The fraction of sp³-hybridized carbons (Fsp3) is 0.440. The van der Waals surface area contributed by atoms with Crippen molar-refractivity contribution in [3.63, 3.8) is 0 Å². The quantitative estimate of drug-likeness (QED) is 0.433. The molecular formula is C25H30F2O. The summed E-state index contributed by atoms with van der Waals surface area (Å²) in [6, 6.07) is 12.0. The third kappa shape index (κ3) is 4.88. The Morgan fingerprint density at radius 2 is 1.68 bits per heavy atom. The van der Waals surface area contributed by atoms with Crippen molar-refractivity contribution in [3.8, 4) is 0 Å². The lowest BCUT2D eigenvalue weighted by Gasteiger charge is -2.29. The van der Waals surface area contributed by atoms with Crippen molar-refractivity contribution in [2.45, 2.75) is 57.5 Å². The van der Waals surface area contributed by atoms with E-state index in [4.69, 9.17) is 4.74 Å². The number of halogens is 2. The first-order valence-corrected chi connectivity index (χ1v) is 10.4. The van der Waals surface area contributed by atoms with Gasteiger partial charge >= 0.3 is 0 Å². The first-order chi connectivity index (χ1) is 13.6. The summed E-state index contributed by atoms with van der Waals surface area (Å²) in [7, 11) is 0. The molecule has 1 aliphatic rings. The van der Waals surface area contributed by atoms with E-state index in [1.165, 1.54) is 62.3 Å². The molecule has 1 fully saturated rings. The van der Waals surface area contributed by atoms with Crippen LogP contribution in [0.3, 0.4) is 0 Å². The second-order valence-electron chi connectivity index (χ2n) is 7.81. The molecule has 0 amide bonds. The minimum absolute atomic E-state index is 0.0443. The van der Waals surface area contributed by atoms with Crippen molar-refractivity contribution >= 4 is 0 Å². The summed E-state index contributed by atoms with van der Waals surface area (Å²) < 4.78 is 34.4. The number of benzene rings is 2. The Morgan fingerprint density at radius 1 is 1.04 bits per heavy atom. The fourth-order valence-corrected chi connectivity index (χ4v) is 4.41. The Morgan fingerprint density at radius 3 is 2.25 bits per heavy atom. The highest BCUT2D eigenvalue weighted by Gasteiger charge is 2.24. The molecule has 1 nitrogen and oxygen atoms in total. The monoisotopic (exact) mass is 384 g/mol. The lowest BCUT2D eigenvalue weighted by Crippen LogP contribution is -2.14. The van der Waals surface area contributed by atoms with E-state index in [2.05, 4.69) is 25.6 Å². The molecule has 150 valence electrons. The highest BCUT2D eigenvalue weighted by Crippen LogP contribution is 2.38. The van der Waals surface area contributed by atoms with E-state index in [9.17, 15) is 8.78 Å². The van der Waals surface area contributed by atoms with Crippen LogP contribution in [0.15, 0.2) is 55.1 Å². The van der Waals surface area contributed by atoms with Crippen LogP contribution in [0.4, 0.5) is 8.78 Å². The number of hydrogen-bond donors (Lipinski definition) is 0. The highest BCUT2D eigenvalue weighted by molar-refractivity contribution is 5.35. The van der Waals surface area contributed by atoms with Crippen molar-refractivity contribution in [3.05, 3.63) is 83.4 Å². The predicted octanol–water partition coefficient (Wildman–Crippen LogP) is 7.33. The van der Waals surface area contributed by atoms with Gasteiger partial charge in [0, 0.05) is 0 Å². The summed E-state index contributed by atoms with van der Waals surface area (Å²) in [5.41, 5.74) is 2.03. The Balaban J connectivity index is 1.78. The van der Waals surface area contributed by atoms with E-state index >= 15 is 0 Å². The van der Waals surface area contributed by atoms with Crippen LogP contribution in [-0.2, 0) is 4.74 Å². The van der Waals surface area contributed by atoms with Gasteiger partial charge in [-0.25, -0.2) is 8.78 Å². The molecule has 0 bridgehead atoms. The van der Waals surface area contributed by atoms with Gasteiger partial charge in [-0.05, 0) is 60.8 Å². The molecule has 0 aliphatic heterocycles. The summed E-state index contributed by atoms with van der Waals surface area (Å²) in [6.45, 7) is 6.13. The normalized spacial score (nSPS) is 20.7. The van der Waals surface area contributed by atoms with Gasteiger partial charge in [0.05, 0.1) is 12.2 Å². The Kier molecular flexibility index (Phi) is 7.38. The zero-order valence-corrected chi connectivity index (χ0v) is 16.7. The molecule has 1 saturated carbocycles. The van der Waals surface area contributed by atoms with Crippen LogP contribution < -0.4 is 0 Å². The standard InChI is InChI=1S/C25H30F2O/c1-3-6-18-9-11-19(12-10-18)20-13-15-21(16-14-20)25(28-17-4-2)24-22(26)7-5-8-23(24)27/h4-5,7-8,13-16,18-19,25H,2-3,6,9-12,17H2,1H3. The highest BCUT2D eigenvalue weighted by atomic mass is 19.1. The van der Waals surface area contributed by atoms with Gasteiger partial charge in [-0.3, -0.25) is 0 Å². The maximum Gasteiger partial charge on any atom is 0.132 e. The Bertz CT molecular complexity index is 740.